The molecule has 1 aliphatic heterocycles. The van der Waals surface area contributed by atoms with Crippen LogP contribution in [0.15, 0.2) is 11.1 Å². The Morgan fingerprint density at radius 2 is 2.13 bits per heavy atom. The van der Waals surface area contributed by atoms with Gasteiger partial charge in [-0.3, -0.25) is 24.5 Å². The lowest BCUT2D eigenvalue weighted by Crippen LogP contribution is -2.45. The SMILES string of the molecule is CC(C)C(=O)Nc1nc2c(ncn2[C@@H]2O[C@H](CN)CC2O[Si](C)(C)C(C)(C)C)c(=O)[nH]1. The van der Waals surface area contributed by atoms with Gasteiger partial charge in [0.25, 0.3) is 5.56 Å². The fraction of sp³-hybridized carbons (Fsp3) is 0.700. The van der Waals surface area contributed by atoms with Gasteiger partial charge in [-0.2, -0.15) is 4.98 Å². The lowest BCUT2D eigenvalue weighted by Gasteiger charge is -2.39. The number of nitrogens with two attached hydrogens (primary N) is 1. The highest BCUT2D eigenvalue weighted by Crippen LogP contribution is 2.42. The third-order valence-electron chi connectivity index (χ3n) is 6.13. The molecule has 1 unspecified atom stereocenters. The number of imidazole rings is 1. The van der Waals surface area contributed by atoms with Gasteiger partial charge >= 0.3 is 0 Å². The number of fused-ring (bicyclic) bond motifs is 1. The summed E-state index contributed by atoms with van der Waals surface area (Å²) in [6.07, 6.45) is 1.25. The Morgan fingerprint density at radius 1 is 1.45 bits per heavy atom. The number of anilines is 1. The number of aromatic amines is 1. The summed E-state index contributed by atoms with van der Waals surface area (Å²) < 4.78 is 14.6. The second-order valence-corrected chi connectivity index (χ2v) is 14.7. The van der Waals surface area contributed by atoms with E-state index in [0.29, 0.717) is 18.6 Å². The zero-order valence-electron chi connectivity index (χ0n) is 19.4. The molecular formula is C20H34N6O4Si. The fourth-order valence-electron chi connectivity index (χ4n) is 3.21. The second kappa shape index (κ2) is 8.45. The minimum Gasteiger partial charge on any atom is -0.409 e. The lowest BCUT2D eigenvalue weighted by molar-refractivity contribution is -0.118. The Labute approximate surface area is 183 Å². The molecule has 31 heavy (non-hydrogen) atoms. The summed E-state index contributed by atoms with van der Waals surface area (Å²) in [6, 6.07) is 0. The topological polar surface area (TPSA) is 137 Å². The molecule has 10 nitrogen and oxygen atoms in total. The molecule has 11 heteroatoms. The standard InChI is InChI=1S/C20H34N6O4Si/c1-11(2)16(27)24-19-23-15-14(17(28)25-19)22-10-26(15)18-13(8-12(9-21)29-18)30-31(6,7)20(3,4)5/h10-13,18H,8-9,21H2,1-7H3,(H2,23,24,25,27,28)/t12-,13?,18+/m0/s1. The zero-order valence-corrected chi connectivity index (χ0v) is 20.4. The van der Waals surface area contributed by atoms with E-state index in [0.717, 1.165) is 0 Å². The largest absolute Gasteiger partial charge is 0.409 e. The molecule has 2 aromatic rings. The van der Waals surface area contributed by atoms with Crippen LogP contribution in [0.1, 0.15) is 47.3 Å². The lowest BCUT2D eigenvalue weighted by atomic mass is 10.2. The van der Waals surface area contributed by atoms with Crippen LogP contribution >= 0.6 is 0 Å². The number of hydrogen-bond acceptors (Lipinski definition) is 7. The molecule has 3 rings (SSSR count). The van der Waals surface area contributed by atoms with Crippen LogP contribution < -0.4 is 16.6 Å². The van der Waals surface area contributed by atoms with Crippen molar-refractivity contribution < 1.29 is 14.0 Å². The third kappa shape index (κ3) is 4.74. The van der Waals surface area contributed by atoms with E-state index >= 15 is 0 Å². The molecule has 0 saturated carbocycles. The number of rotatable bonds is 6. The van der Waals surface area contributed by atoms with E-state index in [9.17, 15) is 9.59 Å². The van der Waals surface area contributed by atoms with Crippen LogP contribution in [-0.4, -0.2) is 52.5 Å². The Bertz CT molecular complexity index is 1010. The number of carbonyl (C=O) groups is 1. The number of hydrogen-bond donors (Lipinski definition) is 3. The average Bonchev–Trinajstić information content (AvgIpc) is 3.24. The van der Waals surface area contributed by atoms with Crippen LogP contribution in [0.25, 0.3) is 11.2 Å². The number of H-pyrrole nitrogens is 1. The first-order valence-corrected chi connectivity index (χ1v) is 13.6. The minimum atomic E-state index is -2.09. The highest BCUT2D eigenvalue weighted by molar-refractivity contribution is 6.74. The molecule has 3 atom stereocenters. The number of carbonyl (C=O) groups excluding carboxylic acids is 1. The quantitative estimate of drug-likeness (QED) is 0.574. The van der Waals surface area contributed by atoms with Gasteiger partial charge in [-0.05, 0) is 18.1 Å². The van der Waals surface area contributed by atoms with E-state index in [2.05, 4.69) is 54.1 Å². The van der Waals surface area contributed by atoms with Gasteiger partial charge in [0.2, 0.25) is 11.9 Å². The maximum atomic E-state index is 12.5. The van der Waals surface area contributed by atoms with E-state index in [1.807, 2.05) is 0 Å². The smallest absolute Gasteiger partial charge is 0.280 e. The van der Waals surface area contributed by atoms with Gasteiger partial charge in [-0.25, -0.2) is 4.98 Å². The van der Waals surface area contributed by atoms with E-state index in [1.165, 1.54) is 6.33 Å². The van der Waals surface area contributed by atoms with Crippen molar-refractivity contribution in [3.8, 4) is 0 Å². The molecule has 0 aliphatic carbocycles. The first-order valence-electron chi connectivity index (χ1n) is 10.6. The van der Waals surface area contributed by atoms with Gasteiger partial charge in [0.05, 0.1) is 18.5 Å². The molecular weight excluding hydrogens is 416 g/mol. The number of nitrogens with one attached hydrogen (secondary N) is 2. The summed E-state index contributed by atoms with van der Waals surface area (Å²) >= 11 is 0. The van der Waals surface area contributed by atoms with Crippen molar-refractivity contribution in [2.45, 2.75) is 77.6 Å². The van der Waals surface area contributed by atoms with Crippen molar-refractivity contribution in [1.82, 2.24) is 19.5 Å². The van der Waals surface area contributed by atoms with Crippen molar-refractivity contribution in [2.24, 2.45) is 11.7 Å². The van der Waals surface area contributed by atoms with Gasteiger partial charge < -0.3 is 14.9 Å². The average molecular weight is 451 g/mol. The van der Waals surface area contributed by atoms with Crippen LogP contribution in [0.4, 0.5) is 5.95 Å². The Morgan fingerprint density at radius 3 is 2.71 bits per heavy atom. The molecule has 0 spiro atoms. The Kier molecular flexibility index (Phi) is 6.43. The predicted octanol–water partition coefficient (Wildman–Crippen LogP) is 2.35. The summed E-state index contributed by atoms with van der Waals surface area (Å²) in [4.78, 5) is 35.9. The van der Waals surface area contributed by atoms with E-state index < -0.39 is 20.1 Å². The molecule has 2 aromatic heterocycles. The molecule has 4 N–H and O–H groups in total. The van der Waals surface area contributed by atoms with Crippen molar-refractivity contribution in [1.29, 1.82) is 0 Å². The molecule has 1 amide bonds. The molecule has 0 radical (unpaired) electrons. The molecule has 172 valence electrons. The van der Waals surface area contributed by atoms with E-state index in [1.54, 1.807) is 18.4 Å². The number of aromatic nitrogens is 4. The normalized spacial score (nSPS) is 22.4. The summed E-state index contributed by atoms with van der Waals surface area (Å²) in [5, 5.41) is 2.67. The van der Waals surface area contributed by atoms with Crippen LogP contribution in [0, 0.1) is 5.92 Å². The van der Waals surface area contributed by atoms with Gasteiger partial charge in [0, 0.05) is 18.9 Å². The number of nitrogens with zero attached hydrogens (tertiary/aromatic N) is 3. The summed E-state index contributed by atoms with van der Waals surface area (Å²) in [5.41, 5.74) is 5.96. The Balaban J connectivity index is 2.00. The van der Waals surface area contributed by atoms with Crippen molar-refractivity contribution >= 4 is 31.3 Å². The van der Waals surface area contributed by atoms with Crippen LogP contribution in [0.5, 0.6) is 0 Å². The predicted molar refractivity (Wildman–Crippen MR) is 121 cm³/mol. The molecule has 0 aromatic carbocycles. The summed E-state index contributed by atoms with van der Waals surface area (Å²) in [7, 11) is -2.09. The maximum absolute atomic E-state index is 12.5. The number of ether oxygens (including phenoxy) is 1. The second-order valence-electron chi connectivity index (χ2n) is 9.92. The van der Waals surface area contributed by atoms with E-state index in [-0.39, 0.29) is 40.5 Å². The van der Waals surface area contributed by atoms with Crippen LogP contribution in [0.3, 0.4) is 0 Å². The van der Waals surface area contributed by atoms with Gasteiger partial charge in [0.15, 0.2) is 25.7 Å². The van der Waals surface area contributed by atoms with Crippen molar-refractivity contribution in [2.75, 3.05) is 11.9 Å². The van der Waals surface area contributed by atoms with Gasteiger partial charge in [-0.15, -0.1) is 0 Å². The van der Waals surface area contributed by atoms with Gasteiger partial charge in [-0.1, -0.05) is 34.6 Å². The van der Waals surface area contributed by atoms with E-state index in [4.69, 9.17) is 14.9 Å². The molecule has 0 bridgehead atoms. The maximum Gasteiger partial charge on any atom is 0.280 e. The zero-order chi connectivity index (χ0) is 23.1. The Hall–Kier alpha value is -2.08. The summed E-state index contributed by atoms with van der Waals surface area (Å²) in [5.74, 6) is -0.419. The monoisotopic (exact) mass is 450 g/mol. The van der Waals surface area contributed by atoms with Crippen LogP contribution in [0.2, 0.25) is 18.1 Å². The molecule has 3 heterocycles. The molecule has 1 fully saturated rings. The van der Waals surface area contributed by atoms with Crippen LogP contribution in [-0.2, 0) is 14.0 Å². The van der Waals surface area contributed by atoms with Crippen molar-refractivity contribution in [3.63, 3.8) is 0 Å². The third-order valence-corrected chi connectivity index (χ3v) is 10.6. The number of amides is 1. The van der Waals surface area contributed by atoms with Gasteiger partial charge in [0.1, 0.15) is 0 Å². The fourth-order valence-corrected chi connectivity index (χ4v) is 4.53. The first-order chi connectivity index (χ1) is 14.3. The molecule has 1 saturated heterocycles. The minimum absolute atomic E-state index is 0.0268. The highest BCUT2D eigenvalue weighted by atomic mass is 28.4. The van der Waals surface area contributed by atoms with Crippen molar-refractivity contribution in [3.05, 3.63) is 16.7 Å². The first kappa shape index (κ1) is 23.6. The summed E-state index contributed by atoms with van der Waals surface area (Å²) in [6.45, 7) is 14.8. The molecule has 1 aliphatic rings. The highest BCUT2D eigenvalue weighted by Gasteiger charge is 2.45.